The van der Waals surface area contributed by atoms with Crippen LogP contribution in [0.4, 0.5) is 0 Å². The molecule has 134 valence electrons. The summed E-state index contributed by atoms with van der Waals surface area (Å²) in [4.78, 5) is 5.20. The number of piperidine rings is 1. The van der Waals surface area contributed by atoms with Gasteiger partial charge in [-0.05, 0) is 36.9 Å². The van der Waals surface area contributed by atoms with Gasteiger partial charge >= 0.3 is 0 Å². The van der Waals surface area contributed by atoms with Crippen LogP contribution in [0.3, 0.4) is 0 Å². The SMILES string of the molecule is COCCN1C[C@H](COC)C2(CCN(Cc3ccccc3)CC2)C1. The van der Waals surface area contributed by atoms with Gasteiger partial charge in [0.2, 0.25) is 0 Å². The van der Waals surface area contributed by atoms with Crippen LogP contribution in [-0.2, 0) is 16.0 Å². The fourth-order valence-electron chi connectivity index (χ4n) is 4.53. The highest BCUT2D eigenvalue weighted by atomic mass is 16.5. The first kappa shape index (κ1) is 17.9. The number of likely N-dealkylation sites (tertiary alicyclic amines) is 2. The van der Waals surface area contributed by atoms with E-state index in [1.165, 1.54) is 38.0 Å². The predicted octanol–water partition coefficient (Wildman–Crippen LogP) is 2.49. The van der Waals surface area contributed by atoms with Gasteiger partial charge in [0.05, 0.1) is 13.2 Å². The van der Waals surface area contributed by atoms with Crippen molar-refractivity contribution in [1.82, 2.24) is 9.80 Å². The fraction of sp³-hybridized carbons (Fsp3) is 0.700. The van der Waals surface area contributed by atoms with Crippen LogP contribution in [0.2, 0.25) is 0 Å². The smallest absolute Gasteiger partial charge is 0.0589 e. The number of benzene rings is 1. The second kappa shape index (κ2) is 8.43. The highest BCUT2D eigenvalue weighted by molar-refractivity contribution is 5.14. The van der Waals surface area contributed by atoms with Gasteiger partial charge in [0.1, 0.15) is 0 Å². The van der Waals surface area contributed by atoms with Crippen molar-refractivity contribution < 1.29 is 9.47 Å². The van der Waals surface area contributed by atoms with E-state index in [0.717, 1.165) is 32.8 Å². The normalized spacial score (nSPS) is 24.7. The van der Waals surface area contributed by atoms with Crippen molar-refractivity contribution in [2.75, 3.05) is 60.2 Å². The van der Waals surface area contributed by atoms with Crippen molar-refractivity contribution in [1.29, 1.82) is 0 Å². The number of ether oxygens (including phenoxy) is 2. The van der Waals surface area contributed by atoms with Crippen LogP contribution in [-0.4, -0.2) is 70.0 Å². The molecule has 0 radical (unpaired) electrons. The average Bonchev–Trinajstić information content (AvgIpc) is 2.94. The Hall–Kier alpha value is -0.940. The quantitative estimate of drug-likeness (QED) is 0.766. The zero-order valence-corrected chi connectivity index (χ0v) is 15.2. The molecule has 0 bridgehead atoms. The van der Waals surface area contributed by atoms with Crippen LogP contribution in [0.1, 0.15) is 18.4 Å². The standard InChI is InChI=1S/C20H32N2O2/c1-23-13-12-22-15-19(16-24-2)20(17-22)8-10-21(11-9-20)14-18-6-4-3-5-7-18/h3-7,19H,8-17H2,1-2H3/t19-/m1/s1. The molecule has 4 nitrogen and oxygen atoms in total. The van der Waals surface area contributed by atoms with Gasteiger partial charge in [0.15, 0.2) is 0 Å². The lowest BCUT2D eigenvalue weighted by atomic mass is 9.71. The summed E-state index contributed by atoms with van der Waals surface area (Å²) in [6.07, 6.45) is 2.58. The third-order valence-corrected chi connectivity index (χ3v) is 5.96. The molecule has 1 spiro atoms. The van der Waals surface area contributed by atoms with Crippen LogP contribution in [0.15, 0.2) is 30.3 Å². The summed E-state index contributed by atoms with van der Waals surface area (Å²) in [5, 5.41) is 0. The van der Waals surface area contributed by atoms with E-state index in [1.54, 1.807) is 7.11 Å². The molecule has 2 aliphatic heterocycles. The molecule has 1 aromatic carbocycles. The van der Waals surface area contributed by atoms with E-state index in [9.17, 15) is 0 Å². The Morgan fingerprint density at radius 1 is 1.04 bits per heavy atom. The number of hydrogen-bond acceptors (Lipinski definition) is 4. The lowest BCUT2D eigenvalue weighted by Crippen LogP contribution is -2.45. The number of nitrogens with zero attached hydrogens (tertiary/aromatic N) is 2. The second-order valence-corrected chi connectivity index (χ2v) is 7.50. The van der Waals surface area contributed by atoms with Gasteiger partial charge in [0, 0.05) is 46.3 Å². The Balaban J connectivity index is 1.57. The predicted molar refractivity (Wildman–Crippen MR) is 97.1 cm³/mol. The lowest BCUT2D eigenvalue weighted by molar-refractivity contribution is 0.0348. The molecule has 4 heteroatoms. The van der Waals surface area contributed by atoms with E-state index in [-0.39, 0.29) is 0 Å². The van der Waals surface area contributed by atoms with Gasteiger partial charge in [-0.15, -0.1) is 0 Å². The van der Waals surface area contributed by atoms with Crippen molar-refractivity contribution in [3.63, 3.8) is 0 Å². The fourth-order valence-corrected chi connectivity index (χ4v) is 4.53. The maximum Gasteiger partial charge on any atom is 0.0589 e. The van der Waals surface area contributed by atoms with Crippen molar-refractivity contribution in [2.24, 2.45) is 11.3 Å². The largest absolute Gasteiger partial charge is 0.384 e. The average molecular weight is 332 g/mol. The third kappa shape index (κ3) is 4.17. The van der Waals surface area contributed by atoms with Crippen LogP contribution < -0.4 is 0 Å². The first-order valence-corrected chi connectivity index (χ1v) is 9.22. The topological polar surface area (TPSA) is 24.9 Å². The molecule has 2 saturated heterocycles. The van der Waals surface area contributed by atoms with E-state index in [0.29, 0.717) is 11.3 Å². The Morgan fingerprint density at radius 3 is 2.46 bits per heavy atom. The second-order valence-electron chi connectivity index (χ2n) is 7.50. The van der Waals surface area contributed by atoms with Crippen LogP contribution in [0, 0.1) is 11.3 Å². The zero-order chi connectivity index (χ0) is 16.8. The summed E-state index contributed by atoms with van der Waals surface area (Å²) in [7, 11) is 3.64. The maximum absolute atomic E-state index is 5.56. The molecule has 0 amide bonds. The first-order valence-electron chi connectivity index (χ1n) is 9.22. The molecule has 0 aliphatic carbocycles. The molecule has 2 aliphatic rings. The van der Waals surface area contributed by atoms with Crippen molar-refractivity contribution in [3.05, 3.63) is 35.9 Å². The molecule has 1 atom stereocenters. The minimum absolute atomic E-state index is 0.441. The van der Waals surface area contributed by atoms with Gasteiger partial charge < -0.3 is 14.4 Å². The Labute approximate surface area is 146 Å². The summed E-state index contributed by atoms with van der Waals surface area (Å²) < 4.78 is 10.8. The van der Waals surface area contributed by atoms with Crippen molar-refractivity contribution >= 4 is 0 Å². The minimum atomic E-state index is 0.441. The van der Waals surface area contributed by atoms with Crippen LogP contribution >= 0.6 is 0 Å². The van der Waals surface area contributed by atoms with Crippen molar-refractivity contribution in [3.8, 4) is 0 Å². The number of hydrogen-bond donors (Lipinski definition) is 0. The monoisotopic (exact) mass is 332 g/mol. The van der Waals surface area contributed by atoms with Gasteiger partial charge in [-0.2, -0.15) is 0 Å². The third-order valence-electron chi connectivity index (χ3n) is 5.96. The Kier molecular flexibility index (Phi) is 6.28. The maximum atomic E-state index is 5.56. The first-order chi connectivity index (χ1) is 11.8. The molecule has 2 heterocycles. The summed E-state index contributed by atoms with van der Waals surface area (Å²) in [5.41, 5.74) is 1.87. The lowest BCUT2D eigenvalue weighted by Gasteiger charge is -2.42. The Bertz CT molecular complexity index is 486. The molecular weight excluding hydrogens is 300 g/mol. The highest BCUT2D eigenvalue weighted by Gasteiger charge is 2.47. The van der Waals surface area contributed by atoms with Gasteiger partial charge in [-0.3, -0.25) is 4.90 Å². The number of rotatable bonds is 7. The van der Waals surface area contributed by atoms with E-state index >= 15 is 0 Å². The van der Waals surface area contributed by atoms with Crippen LogP contribution in [0.5, 0.6) is 0 Å². The molecule has 0 saturated carbocycles. The van der Waals surface area contributed by atoms with Crippen LogP contribution in [0.25, 0.3) is 0 Å². The molecule has 1 aromatic rings. The highest BCUT2D eigenvalue weighted by Crippen LogP contribution is 2.44. The van der Waals surface area contributed by atoms with E-state index < -0.39 is 0 Å². The summed E-state index contributed by atoms with van der Waals surface area (Å²) in [5.74, 6) is 0.665. The van der Waals surface area contributed by atoms with E-state index in [1.807, 2.05) is 7.11 Å². The van der Waals surface area contributed by atoms with Gasteiger partial charge in [0.25, 0.3) is 0 Å². The molecule has 3 rings (SSSR count). The van der Waals surface area contributed by atoms with E-state index in [2.05, 4.69) is 40.1 Å². The van der Waals surface area contributed by atoms with Gasteiger partial charge in [-0.1, -0.05) is 30.3 Å². The molecule has 0 N–H and O–H groups in total. The molecule has 0 aromatic heterocycles. The summed E-state index contributed by atoms with van der Waals surface area (Å²) in [6.45, 7) is 8.63. The summed E-state index contributed by atoms with van der Waals surface area (Å²) in [6, 6.07) is 10.8. The minimum Gasteiger partial charge on any atom is -0.384 e. The van der Waals surface area contributed by atoms with E-state index in [4.69, 9.17) is 9.47 Å². The molecule has 24 heavy (non-hydrogen) atoms. The van der Waals surface area contributed by atoms with Crippen molar-refractivity contribution in [2.45, 2.75) is 19.4 Å². The molecular formula is C20H32N2O2. The van der Waals surface area contributed by atoms with Gasteiger partial charge in [-0.25, -0.2) is 0 Å². The molecule has 2 fully saturated rings. The molecule has 0 unspecified atom stereocenters. The summed E-state index contributed by atoms with van der Waals surface area (Å²) >= 11 is 0. The number of methoxy groups -OCH3 is 2. The zero-order valence-electron chi connectivity index (χ0n) is 15.2. The Morgan fingerprint density at radius 2 is 1.79 bits per heavy atom.